The number of benzene rings is 1. The third kappa shape index (κ3) is 5.88. The maximum absolute atomic E-state index is 11.5. The fourth-order valence-corrected chi connectivity index (χ4v) is 1.81. The van der Waals surface area contributed by atoms with Crippen LogP contribution in [-0.2, 0) is 14.4 Å². The van der Waals surface area contributed by atoms with Gasteiger partial charge in [-0.2, -0.15) is 0 Å². The molecule has 0 fully saturated rings. The summed E-state index contributed by atoms with van der Waals surface area (Å²) < 4.78 is 5.10. The zero-order valence-electron chi connectivity index (χ0n) is 10.5. The quantitative estimate of drug-likeness (QED) is 0.694. The standard InChI is InChI=1S/C12H11Cl2NO6/c13-6-1-2-9(7(14)3-6)21-5-10(16)15-8(12(19)20)4-11(17)18/h1-3,8H,4-5H2,(H,15,16)(H,17,18)(H,19,20)/t8-/m0/s1. The molecule has 9 heteroatoms. The van der Waals surface area contributed by atoms with Crippen molar-refractivity contribution in [1.82, 2.24) is 5.32 Å². The molecule has 0 saturated carbocycles. The van der Waals surface area contributed by atoms with Gasteiger partial charge in [-0.25, -0.2) is 4.79 Å². The highest BCUT2D eigenvalue weighted by Gasteiger charge is 2.23. The van der Waals surface area contributed by atoms with Gasteiger partial charge in [0.15, 0.2) is 6.61 Å². The first-order valence-electron chi connectivity index (χ1n) is 5.61. The average Bonchev–Trinajstić information content (AvgIpc) is 2.36. The van der Waals surface area contributed by atoms with E-state index in [4.69, 9.17) is 38.2 Å². The first kappa shape index (κ1) is 17.1. The maximum atomic E-state index is 11.5. The predicted octanol–water partition coefficient (Wildman–Crippen LogP) is 1.42. The molecule has 0 heterocycles. The summed E-state index contributed by atoms with van der Waals surface area (Å²) >= 11 is 11.5. The number of halogens is 2. The van der Waals surface area contributed by atoms with Gasteiger partial charge in [-0.05, 0) is 18.2 Å². The second-order valence-electron chi connectivity index (χ2n) is 3.92. The average molecular weight is 336 g/mol. The van der Waals surface area contributed by atoms with Gasteiger partial charge in [0.25, 0.3) is 5.91 Å². The topological polar surface area (TPSA) is 113 Å². The summed E-state index contributed by atoms with van der Waals surface area (Å²) in [5, 5.41) is 19.9. The van der Waals surface area contributed by atoms with Crippen LogP contribution >= 0.6 is 23.2 Å². The highest BCUT2D eigenvalue weighted by atomic mass is 35.5. The lowest BCUT2D eigenvalue weighted by Gasteiger charge is -2.13. The van der Waals surface area contributed by atoms with E-state index in [9.17, 15) is 14.4 Å². The van der Waals surface area contributed by atoms with E-state index in [1.807, 2.05) is 5.32 Å². The van der Waals surface area contributed by atoms with Crippen molar-refractivity contribution < 1.29 is 29.3 Å². The molecule has 21 heavy (non-hydrogen) atoms. The van der Waals surface area contributed by atoms with E-state index in [2.05, 4.69) is 0 Å². The molecule has 114 valence electrons. The number of rotatable bonds is 7. The van der Waals surface area contributed by atoms with Crippen molar-refractivity contribution in [2.24, 2.45) is 0 Å². The second-order valence-corrected chi connectivity index (χ2v) is 4.76. The normalized spacial score (nSPS) is 11.5. The molecule has 0 aromatic heterocycles. The van der Waals surface area contributed by atoms with E-state index in [1.165, 1.54) is 18.2 Å². The van der Waals surface area contributed by atoms with Crippen molar-refractivity contribution in [3.63, 3.8) is 0 Å². The summed E-state index contributed by atoms with van der Waals surface area (Å²) in [6, 6.07) is 2.84. The number of amides is 1. The monoisotopic (exact) mass is 335 g/mol. The minimum Gasteiger partial charge on any atom is -0.482 e. The number of carboxylic acid groups (broad SMARTS) is 2. The van der Waals surface area contributed by atoms with Crippen LogP contribution in [0.5, 0.6) is 5.75 Å². The lowest BCUT2D eigenvalue weighted by atomic mass is 10.2. The molecule has 0 radical (unpaired) electrons. The molecule has 1 aromatic rings. The number of nitrogens with one attached hydrogen (secondary N) is 1. The molecule has 0 bridgehead atoms. The van der Waals surface area contributed by atoms with Gasteiger partial charge in [-0.1, -0.05) is 23.2 Å². The lowest BCUT2D eigenvalue weighted by Crippen LogP contribution is -2.44. The van der Waals surface area contributed by atoms with Crippen LogP contribution in [0.15, 0.2) is 18.2 Å². The molecule has 0 aliphatic heterocycles. The molecule has 0 aliphatic rings. The Labute approximate surface area is 129 Å². The molecular formula is C12H11Cl2NO6. The Bertz CT molecular complexity index is 563. The number of carbonyl (C=O) groups excluding carboxylic acids is 1. The van der Waals surface area contributed by atoms with E-state index in [0.717, 1.165) is 0 Å². The van der Waals surface area contributed by atoms with Gasteiger partial charge in [0.05, 0.1) is 11.4 Å². The van der Waals surface area contributed by atoms with Crippen LogP contribution < -0.4 is 10.1 Å². The smallest absolute Gasteiger partial charge is 0.326 e. The van der Waals surface area contributed by atoms with E-state index in [-0.39, 0.29) is 10.8 Å². The van der Waals surface area contributed by atoms with Crippen molar-refractivity contribution in [1.29, 1.82) is 0 Å². The number of carbonyl (C=O) groups is 3. The lowest BCUT2D eigenvalue weighted by molar-refractivity contribution is -0.147. The van der Waals surface area contributed by atoms with Crippen molar-refractivity contribution in [3.8, 4) is 5.75 Å². The molecule has 1 aromatic carbocycles. The minimum atomic E-state index is -1.53. The molecule has 7 nitrogen and oxygen atoms in total. The zero-order valence-corrected chi connectivity index (χ0v) is 12.0. The van der Waals surface area contributed by atoms with Crippen LogP contribution in [0.1, 0.15) is 6.42 Å². The third-order valence-electron chi connectivity index (χ3n) is 2.26. The molecular weight excluding hydrogens is 325 g/mol. The van der Waals surface area contributed by atoms with Crippen molar-refractivity contribution in [2.75, 3.05) is 6.61 Å². The van der Waals surface area contributed by atoms with E-state index < -0.39 is 36.9 Å². The summed E-state index contributed by atoms with van der Waals surface area (Å²) in [5.74, 6) is -3.38. The SMILES string of the molecule is O=C(O)C[C@H](NC(=O)COc1ccc(Cl)cc1Cl)C(=O)O. The predicted molar refractivity (Wildman–Crippen MR) is 73.8 cm³/mol. The summed E-state index contributed by atoms with van der Waals surface area (Å²) in [6.07, 6.45) is -0.733. The number of hydrogen-bond donors (Lipinski definition) is 3. The van der Waals surface area contributed by atoms with E-state index >= 15 is 0 Å². The first-order chi connectivity index (χ1) is 9.79. The highest BCUT2D eigenvalue weighted by molar-refractivity contribution is 6.35. The summed E-state index contributed by atoms with van der Waals surface area (Å²) in [7, 11) is 0. The largest absolute Gasteiger partial charge is 0.482 e. The number of hydrogen-bond acceptors (Lipinski definition) is 4. The summed E-state index contributed by atoms with van der Waals surface area (Å²) in [5.41, 5.74) is 0. The van der Waals surface area contributed by atoms with Crippen LogP contribution in [0.2, 0.25) is 10.0 Å². The molecule has 0 unspecified atom stereocenters. The van der Waals surface area contributed by atoms with Gasteiger partial charge in [0.2, 0.25) is 0 Å². The van der Waals surface area contributed by atoms with Gasteiger partial charge in [0, 0.05) is 5.02 Å². The molecule has 3 N–H and O–H groups in total. The van der Waals surface area contributed by atoms with Crippen molar-refractivity contribution in [3.05, 3.63) is 28.2 Å². The Morgan fingerprint density at radius 1 is 1.24 bits per heavy atom. The number of ether oxygens (including phenoxy) is 1. The van der Waals surface area contributed by atoms with Crippen LogP contribution in [-0.4, -0.2) is 40.7 Å². The summed E-state index contributed by atoms with van der Waals surface area (Å²) in [4.78, 5) is 32.8. The van der Waals surface area contributed by atoms with Crippen molar-refractivity contribution >= 4 is 41.0 Å². The van der Waals surface area contributed by atoms with Crippen LogP contribution in [0.25, 0.3) is 0 Å². The molecule has 1 atom stereocenters. The Hall–Kier alpha value is -1.99. The fourth-order valence-electron chi connectivity index (χ4n) is 1.35. The van der Waals surface area contributed by atoms with Crippen LogP contribution in [0.4, 0.5) is 0 Å². The van der Waals surface area contributed by atoms with Crippen LogP contribution in [0.3, 0.4) is 0 Å². The van der Waals surface area contributed by atoms with Gasteiger partial charge in [-0.3, -0.25) is 9.59 Å². The molecule has 1 amide bonds. The maximum Gasteiger partial charge on any atom is 0.326 e. The fraction of sp³-hybridized carbons (Fsp3) is 0.250. The van der Waals surface area contributed by atoms with Gasteiger partial charge < -0.3 is 20.3 Å². The molecule has 1 rings (SSSR count). The van der Waals surface area contributed by atoms with Gasteiger partial charge in [0.1, 0.15) is 11.8 Å². The van der Waals surface area contributed by atoms with Gasteiger partial charge in [-0.15, -0.1) is 0 Å². The molecule has 0 spiro atoms. The second kappa shape index (κ2) is 7.70. The summed E-state index contributed by atoms with van der Waals surface area (Å²) in [6.45, 7) is -0.509. The Kier molecular flexibility index (Phi) is 6.26. The van der Waals surface area contributed by atoms with Crippen LogP contribution in [0, 0.1) is 0 Å². The minimum absolute atomic E-state index is 0.190. The Morgan fingerprint density at radius 2 is 1.90 bits per heavy atom. The third-order valence-corrected chi connectivity index (χ3v) is 2.80. The van der Waals surface area contributed by atoms with Gasteiger partial charge >= 0.3 is 11.9 Å². The highest BCUT2D eigenvalue weighted by Crippen LogP contribution is 2.27. The Morgan fingerprint density at radius 3 is 2.43 bits per heavy atom. The number of aliphatic carboxylic acids is 2. The number of carboxylic acids is 2. The van der Waals surface area contributed by atoms with Crippen molar-refractivity contribution in [2.45, 2.75) is 12.5 Å². The molecule has 0 saturated heterocycles. The first-order valence-corrected chi connectivity index (χ1v) is 6.37. The molecule has 0 aliphatic carbocycles. The zero-order chi connectivity index (χ0) is 16.0. The van der Waals surface area contributed by atoms with E-state index in [0.29, 0.717) is 5.02 Å². The Balaban J connectivity index is 2.56. The van der Waals surface area contributed by atoms with E-state index in [1.54, 1.807) is 0 Å².